The standard InChI is InChI=1S/C12H12ClNO3/c1-2-16-12(14)11-6-9(15)8-5-7(13)3-4-10(8)17-11/h3-5,11,14H,2,6H2,1H3. The minimum Gasteiger partial charge on any atom is -0.479 e. The van der Waals surface area contributed by atoms with Gasteiger partial charge in [0.25, 0.3) is 0 Å². The van der Waals surface area contributed by atoms with Gasteiger partial charge < -0.3 is 9.47 Å². The number of carbonyl (C=O) groups excluding carboxylic acids is 1. The summed E-state index contributed by atoms with van der Waals surface area (Å²) >= 11 is 5.82. The molecule has 0 saturated carbocycles. The number of hydrogen-bond donors (Lipinski definition) is 1. The molecule has 0 aliphatic carbocycles. The second-order valence-electron chi connectivity index (χ2n) is 3.67. The number of Topliss-reactive ketones (excluding diaryl/α,β-unsaturated/α-hetero) is 1. The fourth-order valence-electron chi connectivity index (χ4n) is 1.69. The maximum Gasteiger partial charge on any atom is 0.223 e. The maximum atomic E-state index is 11.9. The molecule has 90 valence electrons. The summed E-state index contributed by atoms with van der Waals surface area (Å²) in [6, 6.07) is 4.88. The van der Waals surface area contributed by atoms with Gasteiger partial charge in [-0.1, -0.05) is 11.6 Å². The number of ether oxygens (including phenoxy) is 2. The quantitative estimate of drug-likeness (QED) is 0.651. The van der Waals surface area contributed by atoms with Crippen LogP contribution in [0.2, 0.25) is 5.02 Å². The van der Waals surface area contributed by atoms with Gasteiger partial charge in [-0.15, -0.1) is 0 Å². The molecule has 17 heavy (non-hydrogen) atoms. The highest BCUT2D eigenvalue weighted by Crippen LogP contribution is 2.30. The molecule has 0 radical (unpaired) electrons. The van der Waals surface area contributed by atoms with Crippen LogP contribution in [0.1, 0.15) is 23.7 Å². The first kappa shape index (κ1) is 11.9. The van der Waals surface area contributed by atoms with Gasteiger partial charge in [0.15, 0.2) is 11.9 Å². The lowest BCUT2D eigenvalue weighted by atomic mass is 10.0. The summed E-state index contributed by atoms with van der Waals surface area (Å²) < 4.78 is 10.6. The molecular weight excluding hydrogens is 242 g/mol. The van der Waals surface area contributed by atoms with E-state index in [2.05, 4.69) is 0 Å². The molecule has 2 rings (SSSR count). The first-order chi connectivity index (χ1) is 8.11. The summed E-state index contributed by atoms with van der Waals surface area (Å²) in [4.78, 5) is 11.9. The molecule has 1 aromatic rings. The average Bonchev–Trinajstić information content (AvgIpc) is 2.30. The Labute approximate surface area is 104 Å². The molecule has 0 fully saturated rings. The van der Waals surface area contributed by atoms with E-state index in [0.29, 0.717) is 22.9 Å². The van der Waals surface area contributed by atoms with Crippen molar-refractivity contribution >= 4 is 23.3 Å². The third kappa shape index (κ3) is 2.42. The highest BCUT2D eigenvalue weighted by atomic mass is 35.5. The van der Waals surface area contributed by atoms with Gasteiger partial charge in [0.05, 0.1) is 18.6 Å². The lowest BCUT2D eigenvalue weighted by molar-refractivity contribution is 0.0882. The number of fused-ring (bicyclic) bond motifs is 1. The van der Waals surface area contributed by atoms with Crippen molar-refractivity contribution in [2.24, 2.45) is 0 Å². The Morgan fingerprint density at radius 2 is 2.41 bits per heavy atom. The third-order valence-electron chi connectivity index (χ3n) is 2.47. The predicted octanol–water partition coefficient (Wildman–Crippen LogP) is 2.69. The van der Waals surface area contributed by atoms with Crippen molar-refractivity contribution in [1.82, 2.24) is 0 Å². The lowest BCUT2D eigenvalue weighted by Gasteiger charge is -2.25. The minimum atomic E-state index is -0.629. The topological polar surface area (TPSA) is 59.4 Å². The summed E-state index contributed by atoms with van der Waals surface area (Å²) in [6.07, 6.45) is -0.511. The molecule has 1 aliphatic heterocycles. The van der Waals surface area contributed by atoms with E-state index in [1.165, 1.54) is 0 Å². The van der Waals surface area contributed by atoms with Crippen LogP contribution in [0.15, 0.2) is 18.2 Å². The fraction of sp³-hybridized carbons (Fsp3) is 0.333. The van der Waals surface area contributed by atoms with E-state index in [0.717, 1.165) is 0 Å². The number of halogens is 1. The van der Waals surface area contributed by atoms with Crippen LogP contribution in [0, 0.1) is 5.41 Å². The first-order valence-corrected chi connectivity index (χ1v) is 5.70. The van der Waals surface area contributed by atoms with Crippen molar-refractivity contribution in [2.45, 2.75) is 19.4 Å². The van der Waals surface area contributed by atoms with Crippen LogP contribution in [0.3, 0.4) is 0 Å². The fourth-order valence-corrected chi connectivity index (χ4v) is 1.86. The van der Waals surface area contributed by atoms with Gasteiger partial charge in [-0.25, -0.2) is 0 Å². The number of rotatable bonds is 2. The van der Waals surface area contributed by atoms with Crippen molar-refractivity contribution in [3.63, 3.8) is 0 Å². The van der Waals surface area contributed by atoms with Gasteiger partial charge in [0, 0.05) is 5.02 Å². The normalized spacial score (nSPS) is 18.2. The molecule has 0 amide bonds. The second kappa shape index (κ2) is 4.75. The van der Waals surface area contributed by atoms with Gasteiger partial charge in [0.1, 0.15) is 5.75 Å². The SMILES string of the molecule is CCOC(=N)C1CC(=O)c2cc(Cl)ccc2O1. The van der Waals surface area contributed by atoms with Gasteiger partial charge in [-0.2, -0.15) is 0 Å². The molecule has 5 heteroatoms. The summed E-state index contributed by atoms with van der Waals surface area (Å²) in [7, 11) is 0. The van der Waals surface area contributed by atoms with E-state index < -0.39 is 6.10 Å². The molecule has 1 aliphatic rings. The van der Waals surface area contributed by atoms with Crippen molar-refractivity contribution in [2.75, 3.05) is 6.61 Å². The summed E-state index contributed by atoms with van der Waals surface area (Å²) in [6.45, 7) is 2.17. The van der Waals surface area contributed by atoms with Crippen LogP contribution in [-0.4, -0.2) is 24.4 Å². The summed E-state index contributed by atoms with van der Waals surface area (Å²) in [5.74, 6) is 0.366. The van der Waals surface area contributed by atoms with Crippen molar-refractivity contribution in [1.29, 1.82) is 5.41 Å². The largest absolute Gasteiger partial charge is 0.479 e. The van der Waals surface area contributed by atoms with Crippen molar-refractivity contribution in [3.05, 3.63) is 28.8 Å². The van der Waals surface area contributed by atoms with E-state index in [9.17, 15) is 4.79 Å². The van der Waals surface area contributed by atoms with E-state index in [1.807, 2.05) is 0 Å². The maximum absolute atomic E-state index is 11.9. The molecule has 1 unspecified atom stereocenters. The van der Waals surface area contributed by atoms with E-state index in [1.54, 1.807) is 25.1 Å². The third-order valence-corrected chi connectivity index (χ3v) is 2.71. The minimum absolute atomic E-state index is 0.0125. The zero-order valence-corrected chi connectivity index (χ0v) is 10.1. The van der Waals surface area contributed by atoms with E-state index in [4.69, 9.17) is 26.5 Å². The Balaban J connectivity index is 2.25. The molecule has 1 heterocycles. The molecule has 1 N–H and O–H groups in total. The molecule has 0 bridgehead atoms. The van der Waals surface area contributed by atoms with Crippen LogP contribution in [-0.2, 0) is 4.74 Å². The summed E-state index contributed by atoms with van der Waals surface area (Å²) in [5.41, 5.74) is 0.470. The Morgan fingerprint density at radius 3 is 3.12 bits per heavy atom. The van der Waals surface area contributed by atoms with Crippen molar-refractivity contribution in [3.8, 4) is 5.75 Å². The molecule has 1 aromatic carbocycles. The molecule has 0 saturated heterocycles. The first-order valence-electron chi connectivity index (χ1n) is 5.32. The highest BCUT2D eigenvalue weighted by molar-refractivity contribution is 6.31. The zero-order chi connectivity index (χ0) is 12.4. The molecule has 0 aromatic heterocycles. The second-order valence-corrected chi connectivity index (χ2v) is 4.11. The smallest absolute Gasteiger partial charge is 0.223 e. The van der Waals surface area contributed by atoms with Crippen LogP contribution >= 0.6 is 11.6 Å². The number of nitrogens with one attached hydrogen (secondary N) is 1. The van der Waals surface area contributed by atoms with E-state index in [-0.39, 0.29) is 18.1 Å². The van der Waals surface area contributed by atoms with Gasteiger partial charge in [0.2, 0.25) is 5.90 Å². The lowest BCUT2D eigenvalue weighted by Crippen LogP contribution is -2.35. The van der Waals surface area contributed by atoms with Crippen LogP contribution in [0.4, 0.5) is 0 Å². The molecule has 1 atom stereocenters. The van der Waals surface area contributed by atoms with Crippen LogP contribution in [0.25, 0.3) is 0 Å². The monoisotopic (exact) mass is 253 g/mol. The van der Waals surface area contributed by atoms with E-state index >= 15 is 0 Å². The highest BCUT2D eigenvalue weighted by Gasteiger charge is 2.30. The molecular formula is C12H12ClNO3. The Kier molecular flexibility index (Phi) is 3.33. The van der Waals surface area contributed by atoms with Gasteiger partial charge in [-0.3, -0.25) is 10.2 Å². The Morgan fingerprint density at radius 1 is 1.65 bits per heavy atom. The number of carbonyl (C=O) groups is 1. The number of benzene rings is 1. The molecule has 0 spiro atoms. The Hall–Kier alpha value is -1.55. The summed E-state index contributed by atoms with van der Waals surface area (Å²) in [5, 5.41) is 8.13. The van der Waals surface area contributed by atoms with Crippen LogP contribution in [0.5, 0.6) is 5.75 Å². The average molecular weight is 254 g/mol. The van der Waals surface area contributed by atoms with Gasteiger partial charge >= 0.3 is 0 Å². The zero-order valence-electron chi connectivity index (χ0n) is 9.33. The Bertz CT molecular complexity index is 473. The number of ketones is 1. The molecule has 4 nitrogen and oxygen atoms in total. The van der Waals surface area contributed by atoms with Crippen molar-refractivity contribution < 1.29 is 14.3 Å². The van der Waals surface area contributed by atoms with Gasteiger partial charge in [-0.05, 0) is 25.1 Å². The van der Waals surface area contributed by atoms with Crippen LogP contribution < -0.4 is 4.74 Å². The predicted molar refractivity (Wildman–Crippen MR) is 64.2 cm³/mol. The number of hydrogen-bond acceptors (Lipinski definition) is 4.